The van der Waals surface area contributed by atoms with Gasteiger partial charge < -0.3 is 15.6 Å². The van der Waals surface area contributed by atoms with Crippen molar-refractivity contribution in [2.75, 3.05) is 12.8 Å². The molecule has 0 bridgehead atoms. The minimum Gasteiger partial charge on any atom is -0.495 e. The number of rotatable bonds is 5. The van der Waals surface area contributed by atoms with E-state index in [1.54, 1.807) is 6.07 Å². The second-order valence-electron chi connectivity index (χ2n) is 4.73. The van der Waals surface area contributed by atoms with Crippen LogP contribution in [0.25, 0.3) is 0 Å². The van der Waals surface area contributed by atoms with E-state index in [1.807, 2.05) is 0 Å². The quantitative estimate of drug-likeness (QED) is 0.367. The maximum atomic E-state index is 11.3. The predicted octanol–water partition coefficient (Wildman–Crippen LogP) is 1.43. The lowest BCUT2D eigenvalue weighted by molar-refractivity contribution is 0.282. The summed E-state index contributed by atoms with van der Waals surface area (Å²) >= 11 is 0. The summed E-state index contributed by atoms with van der Waals surface area (Å²) in [6, 6.07) is 8.56. The Morgan fingerprint density at radius 2 is 1.67 bits per heavy atom. The van der Waals surface area contributed by atoms with Gasteiger partial charge in [0.1, 0.15) is 16.3 Å². The fourth-order valence-corrected chi connectivity index (χ4v) is 2.52. The van der Waals surface area contributed by atoms with Gasteiger partial charge in [-0.15, -0.1) is 17.7 Å². The molecule has 2 aromatic carbocycles. The topological polar surface area (TPSA) is 186 Å². The molecule has 0 saturated heterocycles. The number of benzene rings is 2. The van der Waals surface area contributed by atoms with Crippen LogP contribution < -0.4 is 10.5 Å². The van der Waals surface area contributed by atoms with E-state index in [4.69, 9.17) is 23.1 Å². The van der Waals surface area contributed by atoms with Gasteiger partial charge in [-0.1, -0.05) is 12.1 Å². The normalized spacial score (nSPS) is 10.9. The van der Waals surface area contributed by atoms with E-state index in [0.717, 1.165) is 0 Å². The summed E-state index contributed by atoms with van der Waals surface area (Å²) in [5.41, 5.74) is 6.71. The highest BCUT2D eigenvalue weighted by Crippen LogP contribution is 2.33. The molecule has 0 aromatic heterocycles. The van der Waals surface area contributed by atoms with Gasteiger partial charge >= 0.3 is 10.6 Å². The molecule has 0 fully saturated rings. The van der Waals surface area contributed by atoms with E-state index in [-0.39, 0.29) is 22.9 Å². The summed E-state index contributed by atoms with van der Waals surface area (Å²) in [7, 11) is -6.10. The van der Waals surface area contributed by atoms with Crippen LogP contribution in [0.3, 0.4) is 0 Å². The fraction of sp³-hybridized carbons (Fsp3) is 0.143. The van der Waals surface area contributed by atoms with E-state index in [9.17, 15) is 18.1 Å². The number of ether oxygens (including phenoxy) is 1. The summed E-state index contributed by atoms with van der Waals surface area (Å²) in [5, 5.41) is 17.1. The molecule has 0 atom stereocenters. The Balaban J connectivity index is 0.000000828. The number of methoxy groups -OCH3 is 1. The number of azo groups is 1. The van der Waals surface area contributed by atoms with E-state index in [1.165, 1.54) is 37.4 Å². The smallest absolute Gasteiger partial charge is 0.425 e. The van der Waals surface area contributed by atoms with Crippen LogP contribution in [0.1, 0.15) is 5.56 Å². The zero-order valence-corrected chi connectivity index (χ0v) is 15.4. The minimum absolute atomic E-state index is 0.0327. The summed E-state index contributed by atoms with van der Waals surface area (Å²) in [4.78, 5) is -0.364. The Morgan fingerprint density at radius 3 is 2.19 bits per heavy atom. The second-order valence-corrected chi connectivity index (χ2v) is 6.53. The lowest BCUT2D eigenvalue weighted by Crippen LogP contribution is -1.97. The van der Waals surface area contributed by atoms with Gasteiger partial charge in [0.15, 0.2) is 0 Å². The molecule has 0 heterocycles. The molecule has 146 valence electrons. The summed E-state index contributed by atoms with van der Waals surface area (Å²) < 4.78 is 62.2. The van der Waals surface area contributed by atoms with Gasteiger partial charge in [-0.2, -0.15) is 13.5 Å². The van der Waals surface area contributed by atoms with Crippen LogP contribution in [0.2, 0.25) is 0 Å². The minimum atomic E-state index is -4.42. The number of anilines is 1. The second kappa shape index (κ2) is 9.72. The van der Waals surface area contributed by atoms with E-state index < -0.39 is 20.7 Å². The van der Waals surface area contributed by atoms with Crippen LogP contribution >= 0.6 is 0 Å². The van der Waals surface area contributed by atoms with Gasteiger partial charge in [0, 0.05) is 11.6 Å². The molecule has 0 saturated carbocycles. The Bertz CT molecular complexity index is 1040. The van der Waals surface area contributed by atoms with Crippen molar-refractivity contribution in [3.63, 3.8) is 0 Å². The molecule has 0 spiro atoms. The molecule has 27 heavy (non-hydrogen) atoms. The molecule has 0 unspecified atom stereocenters. The third-order valence-electron chi connectivity index (χ3n) is 3.01. The molecule has 0 radical (unpaired) electrons. The van der Waals surface area contributed by atoms with Gasteiger partial charge in [0.05, 0.1) is 25.1 Å². The van der Waals surface area contributed by atoms with E-state index >= 15 is 0 Å². The van der Waals surface area contributed by atoms with Crippen LogP contribution in [-0.2, 0) is 27.3 Å². The van der Waals surface area contributed by atoms with E-state index in [2.05, 4.69) is 10.2 Å². The average Bonchev–Trinajstić information content (AvgIpc) is 2.59. The molecular weight excluding hydrogens is 402 g/mol. The van der Waals surface area contributed by atoms with Crippen LogP contribution in [-0.4, -0.2) is 37.8 Å². The zero-order chi connectivity index (χ0) is 20.6. The van der Waals surface area contributed by atoms with Crippen molar-refractivity contribution in [1.29, 1.82) is 0 Å². The van der Waals surface area contributed by atoms with Crippen molar-refractivity contribution < 1.29 is 35.4 Å². The van der Waals surface area contributed by atoms with Crippen molar-refractivity contribution in [2.45, 2.75) is 11.5 Å². The van der Waals surface area contributed by atoms with E-state index in [0.29, 0.717) is 17.0 Å². The standard InChI is InChI=1S/C14H15N3O5S.O3S/c1-22-13-7-12(9(8-18)6-10(13)15)17-16-11-4-2-3-5-14(11)23(19,20)21;1-4(2)3/h2-7,18H,8,15H2,1H3,(H,19,20,21);. The first-order chi connectivity index (χ1) is 12.6. The molecule has 0 amide bonds. The Morgan fingerprint density at radius 1 is 1.11 bits per heavy atom. The number of aliphatic hydroxyl groups excluding tert-OH is 1. The molecule has 0 aliphatic rings. The molecular formula is C14H15N3O8S2. The lowest BCUT2D eigenvalue weighted by Gasteiger charge is -2.08. The molecule has 13 heteroatoms. The Labute approximate surface area is 155 Å². The number of nitrogen functional groups attached to an aromatic ring is 1. The third kappa shape index (κ3) is 6.74. The highest BCUT2D eigenvalue weighted by Gasteiger charge is 2.15. The van der Waals surface area contributed by atoms with Gasteiger partial charge in [-0.3, -0.25) is 4.55 Å². The molecule has 11 nitrogen and oxygen atoms in total. The number of hydrogen-bond acceptors (Lipinski definition) is 10. The fourth-order valence-electron chi connectivity index (χ4n) is 1.90. The molecule has 0 aliphatic carbocycles. The third-order valence-corrected chi connectivity index (χ3v) is 3.91. The molecule has 2 rings (SSSR count). The molecule has 2 aromatic rings. The maximum Gasteiger partial charge on any atom is 0.425 e. The largest absolute Gasteiger partial charge is 0.495 e. The van der Waals surface area contributed by atoms with Crippen molar-refractivity contribution in [1.82, 2.24) is 0 Å². The Hall–Kier alpha value is -2.87. The molecule has 4 N–H and O–H groups in total. The molecule has 0 aliphatic heterocycles. The first-order valence-electron chi connectivity index (χ1n) is 6.92. The van der Waals surface area contributed by atoms with Crippen molar-refractivity contribution in [3.8, 4) is 5.75 Å². The number of aliphatic hydroxyl groups is 1. The van der Waals surface area contributed by atoms with Gasteiger partial charge in [0.25, 0.3) is 10.1 Å². The van der Waals surface area contributed by atoms with Crippen molar-refractivity contribution >= 4 is 37.8 Å². The summed E-state index contributed by atoms with van der Waals surface area (Å²) in [6.45, 7) is -0.331. The monoisotopic (exact) mass is 417 g/mol. The SMILES string of the molecule is COc1cc(N=Nc2ccccc2S(=O)(=O)O)c(CO)cc1N.O=S(=O)=O. The Kier molecular flexibility index (Phi) is 7.99. The lowest BCUT2D eigenvalue weighted by atomic mass is 10.1. The van der Waals surface area contributed by atoms with Crippen molar-refractivity contribution in [3.05, 3.63) is 42.0 Å². The first kappa shape index (κ1) is 22.2. The summed E-state index contributed by atoms with van der Waals surface area (Å²) in [5.74, 6) is 0.346. The first-order valence-corrected chi connectivity index (χ1v) is 9.36. The predicted molar refractivity (Wildman–Crippen MR) is 93.5 cm³/mol. The van der Waals surface area contributed by atoms with Crippen LogP contribution in [0.5, 0.6) is 5.75 Å². The summed E-state index contributed by atoms with van der Waals surface area (Å²) in [6.07, 6.45) is 0. The number of hydrogen-bond donors (Lipinski definition) is 3. The number of nitrogens with two attached hydrogens (primary N) is 1. The average molecular weight is 417 g/mol. The van der Waals surface area contributed by atoms with Crippen molar-refractivity contribution in [2.24, 2.45) is 10.2 Å². The van der Waals surface area contributed by atoms with Gasteiger partial charge in [-0.25, -0.2) is 0 Å². The highest BCUT2D eigenvalue weighted by atomic mass is 32.2. The zero-order valence-electron chi connectivity index (χ0n) is 13.8. The number of nitrogens with zero attached hydrogens (tertiary/aromatic N) is 2. The van der Waals surface area contributed by atoms with Crippen LogP contribution in [0.15, 0.2) is 51.5 Å². The van der Waals surface area contributed by atoms with Gasteiger partial charge in [0.2, 0.25) is 0 Å². The van der Waals surface area contributed by atoms with Crippen LogP contribution in [0.4, 0.5) is 17.1 Å². The highest BCUT2D eigenvalue weighted by molar-refractivity contribution is 7.86. The maximum absolute atomic E-state index is 11.3. The van der Waals surface area contributed by atoms with Crippen LogP contribution in [0, 0.1) is 0 Å². The van der Waals surface area contributed by atoms with Gasteiger partial charge in [-0.05, 0) is 18.2 Å².